The Morgan fingerprint density at radius 3 is 2.50 bits per heavy atom. The van der Waals surface area contributed by atoms with Gasteiger partial charge in [-0.2, -0.15) is 0 Å². The predicted octanol–water partition coefficient (Wildman–Crippen LogP) is 1.26. The van der Waals surface area contributed by atoms with E-state index in [1.165, 1.54) is 0 Å². The van der Waals surface area contributed by atoms with Crippen LogP contribution in [-0.2, 0) is 16.1 Å². The molecule has 2 amide bonds. The van der Waals surface area contributed by atoms with Crippen molar-refractivity contribution < 1.29 is 19.1 Å². The number of amides is 2. The average Bonchev–Trinajstić information content (AvgIpc) is 2.91. The quantitative estimate of drug-likeness (QED) is 0.824. The SMILES string of the molecule is COc1ccc(CNC(=O)C(C)N2CCCN(C(C)=O)CC2)cc1OC. The van der Waals surface area contributed by atoms with Crippen molar-refractivity contribution >= 4 is 11.8 Å². The van der Waals surface area contributed by atoms with Gasteiger partial charge in [-0.05, 0) is 31.0 Å². The van der Waals surface area contributed by atoms with Crippen molar-refractivity contribution in [2.75, 3.05) is 40.4 Å². The molecule has 1 unspecified atom stereocenters. The summed E-state index contributed by atoms with van der Waals surface area (Å²) < 4.78 is 10.5. The van der Waals surface area contributed by atoms with Crippen LogP contribution in [0.3, 0.4) is 0 Å². The maximum Gasteiger partial charge on any atom is 0.237 e. The lowest BCUT2D eigenvalue weighted by molar-refractivity contribution is -0.128. The number of rotatable bonds is 6. The summed E-state index contributed by atoms with van der Waals surface area (Å²) in [6.45, 7) is 6.88. The fourth-order valence-corrected chi connectivity index (χ4v) is 3.13. The molecule has 2 rings (SSSR count). The van der Waals surface area contributed by atoms with Crippen molar-refractivity contribution in [3.05, 3.63) is 23.8 Å². The topological polar surface area (TPSA) is 71.1 Å². The van der Waals surface area contributed by atoms with Crippen molar-refractivity contribution in [3.8, 4) is 11.5 Å². The molecule has 1 aromatic carbocycles. The van der Waals surface area contributed by atoms with E-state index in [0.717, 1.165) is 25.1 Å². The summed E-state index contributed by atoms with van der Waals surface area (Å²) in [5.74, 6) is 1.38. The fraction of sp³-hybridized carbons (Fsp3) is 0.579. The Kier molecular flexibility index (Phi) is 7.26. The molecule has 0 spiro atoms. The highest BCUT2D eigenvalue weighted by Gasteiger charge is 2.24. The van der Waals surface area contributed by atoms with E-state index < -0.39 is 0 Å². The first-order valence-corrected chi connectivity index (χ1v) is 8.94. The van der Waals surface area contributed by atoms with E-state index in [1.54, 1.807) is 21.1 Å². The van der Waals surface area contributed by atoms with E-state index in [-0.39, 0.29) is 17.9 Å². The van der Waals surface area contributed by atoms with Crippen molar-refractivity contribution in [1.82, 2.24) is 15.1 Å². The highest BCUT2D eigenvalue weighted by molar-refractivity contribution is 5.81. The van der Waals surface area contributed by atoms with Gasteiger partial charge in [-0.1, -0.05) is 6.07 Å². The van der Waals surface area contributed by atoms with E-state index in [9.17, 15) is 9.59 Å². The van der Waals surface area contributed by atoms with E-state index in [2.05, 4.69) is 10.2 Å². The minimum Gasteiger partial charge on any atom is -0.493 e. The molecule has 0 saturated carbocycles. The Labute approximate surface area is 155 Å². The molecule has 1 fully saturated rings. The Bertz CT molecular complexity index is 635. The van der Waals surface area contributed by atoms with Crippen LogP contribution in [0.2, 0.25) is 0 Å². The number of carbonyl (C=O) groups excluding carboxylic acids is 2. The molecule has 0 aromatic heterocycles. The zero-order valence-corrected chi connectivity index (χ0v) is 16.1. The summed E-state index contributed by atoms with van der Waals surface area (Å²) in [6, 6.07) is 5.36. The standard InChI is InChI=1S/C19H29N3O4/c1-14(21-8-5-9-22(11-10-21)15(2)23)19(24)20-13-16-6-7-17(25-3)18(12-16)26-4/h6-7,12,14H,5,8-11,13H2,1-4H3,(H,20,24). The third-order valence-corrected chi connectivity index (χ3v) is 4.82. The number of methoxy groups -OCH3 is 2. The third kappa shape index (κ3) is 5.11. The van der Waals surface area contributed by atoms with Crippen molar-refractivity contribution in [1.29, 1.82) is 0 Å². The molecule has 1 atom stereocenters. The second kappa shape index (κ2) is 9.43. The first-order valence-electron chi connectivity index (χ1n) is 8.94. The van der Waals surface area contributed by atoms with E-state index in [1.807, 2.05) is 30.0 Å². The van der Waals surface area contributed by atoms with Gasteiger partial charge in [0.05, 0.1) is 20.3 Å². The van der Waals surface area contributed by atoms with Crippen LogP contribution >= 0.6 is 0 Å². The number of hydrogen-bond donors (Lipinski definition) is 1. The molecular weight excluding hydrogens is 334 g/mol. The molecule has 7 nitrogen and oxygen atoms in total. The van der Waals surface area contributed by atoms with E-state index in [0.29, 0.717) is 31.1 Å². The minimum absolute atomic E-state index is 0.0175. The molecule has 7 heteroatoms. The number of nitrogens with zero attached hydrogens (tertiary/aromatic N) is 2. The van der Waals surface area contributed by atoms with Gasteiger partial charge in [0.2, 0.25) is 11.8 Å². The molecule has 1 aliphatic heterocycles. The van der Waals surface area contributed by atoms with Crippen molar-refractivity contribution in [2.24, 2.45) is 0 Å². The zero-order chi connectivity index (χ0) is 19.1. The second-order valence-electron chi connectivity index (χ2n) is 6.48. The Morgan fingerprint density at radius 2 is 1.85 bits per heavy atom. The van der Waals surface area contributed by atoms with Gasteiger partial charge in [0, 0.05) is 39.6 Å². The highest BCUT2D eigenvalue weighted by Crippen LogP contribution is 2.27. The zero-order valence-electron chi connectivity index (χ0n) is 16.1. The number of carbonyl (C=O) groups is 2. The van der Waals surface area contributed by atoms with Crippen molar-refractivity contribution in [2.45, 2.75) is 32.9 Å². The van der Waals surface area contributed by atoms with Gasteiger partial charge in [-0.3, -0.25) is 14.5 Å². The van der Waals surface area contributed by atoms with Gasteiger partial charge in [0.1, 0.15) is 0 Å². The van der Waals surface area contributed by atoms with Gasteiger partial charge >= 0.3 is 0 Å². The highest BCUT2D eigenvalue weighted by atomic mass is 16.5. The molecule has 0 bridgehead atoms. The molecule has 1 aromatic rings. The van der Waals surface area contributed by atoms with Crippen LogP contribution in [0.25, 0.3) is 0 Å². The molecule has 1 N–H and O–H groups in total. The maximum absolute atomic E-state index is 12.5. The maximum atomic E-state index is 12.5. The summed E-state index contributed by atoms with van der Waals surface area (Å²) in [7, 11) is 3.18. The van der Waals surface area contributed by atoms with E-state index >= 15 is 0 Å². The Hall–Kier alpha value is -2.28. The lowest BCUT2D eigenvalue weighted by atomic mass is 10.2. The molecule has 0 aliphatic carbocycles. The normalized spacial score (nSPS) is 16.5. The van der Waals surface area contributed by atoms with Crippen LogP contribution < -0.4 is 14.8 Å². The van der Waals surface area contributed by atoms with E-state index in [4.69, 9.17) is 9.47 Å². The lowest BCUT2D eigenvalue weighted by Crippen LogP contribution is -2.46. The summed E-state index contributed by atoms with van der Waals surface area (Å²) >= 11 is 0. The third-order valence-electron chi connectivity index (χ3n) is 4.82. The largest absolute Gasteiger partial charge is 0.493 e. The van der Waals surface area contributed by atoms with Crippen LogP contribution in [0.5, 0.6) is 11.5 Å². The monoisotopic (exact) mass is 363 g/mol. The van der Waals surface area contributed by atoms with Gasteiger partial charge in [-0.25, -0.2) is 0 Å². The number of nitrogens with one attached hydrogen (secondary N) is 1. The van der Waals surface area contributed by atoms with Gasteiger partial charge in [0.25, 0.3) is 0 Å². The van der Waals surface area contributed by atoms with Crippen LogP contribution in [0.1, 0.15) is 25.8 Å². The van der Waals surface area contributed by atoms with Crippen LogP contribution in [0.15, 0.2) is 18.2 Å². The molecule has 1 saturated heterocycles. The minimum atomic E-state index is -0.234. The van der Waals surface area contributed by atoms with Gasteiger partial charge in [0.15, 0.2) is 11.5 Å². The molecule has 26 heavy (non-hydrogen) atoms. The Balaban J connectivity index is 1.90. The summed E-state index contributed by atoms with van der Waals surface area (Å²) in [6.07, 6.45) is 0.882. The van der Waals surface area contributed by atoms with Gasteiger partial charge in [-0.15, -0.1) is 0 Å². The molecule has 144 valence electrons. The van der Waals surface area contributed by atoms with Crippen LogP contribution in [0.4, 0.5) is 0 Å². The predicted molar refractivity (Wildman–Crippen MR) is 99.3 cm³/mol. The molecular formula is C19H29N3O4. The van der Waals surface area contributed by atoms with Crippen LogP contribution in [-0.4, -0.2) is 68.1 Å². The number of benzene rings is 1. The number of hydrogen-bond acceptors (Lipinski definition) is 5. The first kappa shape index (κ1) is 20.0. The summed E-state index contributed by atoms with van der Waals surface area (Å²) in [4.78, 5) is 28.0. The van der Waals surface area contributed by atoms with Crippen molar-refractivity contribution in [3.63, 3.8) is 0 Å². The number of ether oxygens (including phenoxy) is 2. The fourth-order valence-electron chi connectivity index (χ4n) is 3.13. The second-order valence-corrected chi connectivity index (χ2v) is 6.48. The van der Waals surface area contributed by atoms with Crippen LogP contribution in [0, 0.1) is 0 Å². The molecule has 1 heterocycles. The Morgan fingerprint density at radius 1 is 1.12 bits per heavy atom. The molecule has 1 aliphatic rings. The summed E-state index contributed by atoms with van der Waals surface area (Å²) in [5, 5.41) is 2.98. The smallest absolute Gasteiger partial charge is 0.237 e. The van der Waals surface area contributed by atoms with Gasteiger partial charge < -0.3 is 19.7 Å². The summed E-state index contributed by atoms with van der Waals surface area (Å²) in [5.41, 5.74) is 0.946. The average molecular weight is 363 g/mol. The first-order chi connectivity index (χ1) is 12.5. The molecule has 0 radical (unpaired) electrons. The lowest BCUT2D eigenvalue weighted by Gasteiger charge is -2.26.